The number of benzene rings is 2. The maximum atomic E-state index is 13.4. The molecule has 2 heterocycles. The van der Waals surface area contributed by atoms with Gasteiger partial charge in [0, 0.05) is 5.92 Å². The number of hydrogen-bond donors (Lipinski definition) is 2. The van der Waals surface area contributed by atoms with Gasteiger partial charge in [-0.3, -0.25) is 4.79 Å². The molecule has 7 heteroatoms. The first kappa shape index (κ1) is 19.1. The van der Waals surface area contributed by atoms with Crippen LogP contribution >= 0.6 is 0 Å². The van der Waals surface area contributed by atoms with Crippen LogP contribution in [0.3, 0.4) is 0 Å². The molecular formula is C22H23FN4O2. The molecule has 4 rings (SSSR count). The smallest absolute Gasteiger partial charge is 0.259 e. The fraction of sp³-hybridized carbons (Fsp3) is 0.273. The van der Waals surface area contributed by atoms with Crippen LogP contribution in [0.5, 0.6) is 5.75 Å². The molecule has 1 saturated heterocycles. The molecule has 2 aromatic carbocycles. The number of nitrogens with zero attached hydrogens (tertiary/aromatic N) is 2. The van der Waals surface area contributed by atoms with Crippen LogP contribution in [0.25, 0.3) is 5.69 Å². The van der Waals surface area contributed by atoms with Crippen molar-refractivity contribution >= 4 is 11.6 Å². The minimum Gasteiger partial charge on any atom is -0.495 e. The number of hydrogen-bond acceptors (Lipinski definition) is 4. The fourth-order valence-electron chi connectivity index (χ4n) is 3.75. The number of para-hydroxylation sites is 2. The van der Waals surface area contributed by atoms with Gasteiger partial charge >= 0.3 is 0 Å². The van der Waals surface area contributed by atoms with Gasteiger partial charge in [0.25, 0.3) is 5.91 Å². The third kappa shape index (κ3) is 4.00. The molecule has 1 aromatic heterocycles. The number of nitrogens with one attached hydrogen (secondary N) is 2. The third-order valence-electron chi connectivity index (χ3n) is 5.20. The Balaban J connectivity index is 1.72. The highest BCUT2D eigenvalue weighted by molar-refractivity contribution is 6.05. The number of amides is 1. The van der Waals surface area contributed by atoms with E-state index in [1.54, 1.807) is 42.3 Å². The van der Waals surface area contributed by atoms with E-state index >= 15 is 0 Å². The molecule has 150 valence electrons. The maximum absolute atomic E-state index is 13.4. The minimum absolute atomic E-state index is 0.183. The van der Waals surface area contributed by atoms with E-state index in [1.807, 2.05) is 12.1 Å². The number of rotatable bonds is 5. The molecule has 0 bridgehead atoms. The summed E-state index contributed by atoms with van der Waals surface area (Å²) in [5, 5.41) is 10.8. The van der Waals surface area contributed by atoms with Crippen molar-refractivity contribution in [1.82, 2.24) is 15.1 Å². The molecule has 1 amide bonds. The van der Waals surface area contributed by atoms with Crippen LogP contribution in [-0.2, 0) is 0 Å². The van der Waals surface area contributed by atoms with Crippen molar-refractivity contribution in [1.29, 1.82) is 0 Å². The highest BCUT2D eigenvalue weighted by Crippen LogP contribution is 2.31. The lowest BCUT2D eigenvalue weighted by molar-refractivity contribution is 0.102. The van der Waals surface area contributed by atoms with Crippen molar-refractivity contribution in [2.24, 2.45) is 0 Å². The van der Waals surface area contributed by atoms with E-state index in [9.17, 15) is 9.18 Å². The van der Waals surface area contributed by atoms with Crippen LogP contribution in [0.2, 0.25) is 0 Å². The lowest BCUT2D eigenvalue weighted by atomic mass is 9.91. The Hall–Kier alpha value is -3.19. The van der Waals surface area contributed by atoms with Gasteiger partial charge in [0.1, 0.15) is 11.6 Å². The molecule has 6 nitrogen and oxygen atoms in total. The maximum Gasteiger partial charge on any atom is 0.259 e. The van der Waals surface area contributed by atoms with Crippen LogP contribution in [0.15, 0.2) is 54.7 Å². The monoisotopic (exact) mass is 394 g/mol. The molecular weight excluding hydrogens is 371 g/mol. The summed E-state index contributed by atoms with van der Waals surface area (Å²) in [7, 11) is 1.57. The molecule has 1 aliphatic heterocycles. The molecule has 3 aromatic rings. The summed E-state index contributed by atoms with van der Waals surface area (Å²) in [5.74, 6) is 0.229. The Morgan fingerprint density at radius 3 is 2.62 bits per heavy atom. The van der Waals surface area contributed by atoms with Gasteiger partial charge in [0.2, 0.25) is 0 Å². The summed E-state index contributed by atoms with van der Waals surface area (Å²) >= 11 is 0. The molecule has 1 fully saturated rings. The van der Waals surface area contributed by atoms with Crippen LogP contribution in [0.4, 0.5) is 10.1 Å². The molecule has 0 saturated carbocycles. The molecule has 29 heavy (non-hydrogen) atoms. The standard InChI is InChI=1S/C22H23FN4O2/c1-29-20-5-3-2-4-19(20)26-22(28)18-14-25-27(17-8-6-16(23)7-9-17)21(18)15-10-12-24-13-11-15/h2-9,14-15,24H,10-13H2,1H3,(H,26,28). The van der Waals surface area contributed by atoms with Crippen molar-refractivity contribution in [2.75, 3.05) is 25.5 Å². The van der Waals surface area contributed by atoms with Gasteiger partial charge in [0.15, 0.2) is 0 Å². The van der Waals surface area contributed by atoms with E-state index in [1.165, 1.54) is 12.1 Å². The lowest BCUT2D eigenvalue weighted by Gasteiger charge is -2.24. The summed E-state index contributed by atoms with van der Waals surface area (Å²) in [4.78, 5) is 13.1. The Labute approximate surface area is 168 Å². The molecule has 0 radical (unpaired) electrons. The molecule has 1 aliphatic rings. The summed E-state index contributed by atoms with van der Waals surface area (Å²) in [6, 6.07) is 13.4. The van der Waals surface area contributed by atoms with E-state index in [-0.39, 0.29) is 17.6 Å². The van der Waals surface area contributed by atoms with E-state index in [0.717, 1.165) is 37.3 Å². The van der Waals surface area contributed by atoms with Crippen molar-refractivity contribution in [3.63, 3.8) is 0 Å². The summed E-state index contributed by atoms with van der Waals surface area (Å²) < 4.78 is 20.5. The number of halogens is 1. The zero-order valence-corrected chi connectivity index (χ0v) is 16.2. The van der Waals surface area contributed by atoms with Crippen molar-refractivity contribution in [3.8, 4) is 11.4 Å². The van der Waals surface area contributed by atoms with Crippen LogP contribution in [0.1, 0.15) is 34.8 Å². The van der Waals surface area contributed by atoms with E-state index in [0.29, 0.717) is 17.0 Å². The average molecular weight is 394 g/mol. The van der Waals surface area contributed by atoms with E-state index < -0.39 is 0 Å². The highest BCUT2D eigenvalue weighted by atomic mass is 19.1. The van der Waals surface area contributed by atoms with Gasteiger partial charge in [-0.25, -0.2) is 9.07 Å². The molecule has 0 atom stereocenters. The number of aromatic nitrogens is 2. The van der Waals surface area contributed by atoms with E-state index in [4.69, 9.17) is 4.74 Å². The Morgan fingerprint density at radius 1 is 1.17 bits per heavy atom. The second-order valence-electron chi connectivity index (χ2n) is 7.01. The number of carbonyl (C=O) groups is 1. The zero-order chi connectivity index (χ0) is 20.2. The predicted octanol–water partition coefficient (Wildman–Crippen LogP) is 3.74. The van der Waals surface area contributed by atoms with Crippen LogP contribution in [0, 0.1) is 5.82 Å². The SMILES string of the molecule is COc1ccccc1NC(=O)c1cnn(-c2ccc(F)cc2)c1C1CCNCC1. The normalized spacial score (nSPS) is 14.6. The van der Waals surface area contributed by atoms with Gasteiger partial charge in [0.05, 0.1) is 35.9 Å². The van der Waals surface area contributed by atoms with E-state index in [2.05, 4.69) is 15.7 Å². The Bertz CT molecular complexity index is 994. The zero-order valence-electron chi connectivity index (χ0n) is 16.2. The second kappa shape index (κ2) is 8.45. The van der Waals surface area contributed by atoms with Gasteiger partial charge < -0.3 is 15.4 Å². The van der Waals surface area contributed by atoms with Gasteiger partial charge in [-0.1, -0.05) is 12.1 Å². The first-order chi connectivity index (χ1) is 14.2. The largest absolute Gasteiger partial charge is 0.495 e. The molecule has 0 spiro atoms. The topological polar surface area (TPSA) is 68.2 Å². The van der Waals surface area contributed by atoms with Gasteiger partial charge in [-0.05, 0) is 62.3 Å². The molecule has 2 N–H and O–H groups in total. The second-order valence-corrected chi connectivity index (χ2v) is 7.01. The number of piperidine rings is 1. The van der Waals surface area contributed by atoms with Crippen LogP contribution in [-0.4, -0.2) is 35.9 Å². The summed E-state index contributed by atoms with van der Waals surface area (Å²) in [6.45, 7) is 1.76. The summed E-state index contributed by atoms with van der Waals surface area (Å²) in [5.41, 5.74) is 2.71. The first-order valence-electron chi connectivity index (χ1n) is 9.66. The van der Waals surface area contributed by atoms with Crippen molar-refractivity contribution in [2.45, 2.75) is 18.8 Å². The number of carbonyl (C=O) groups excluding carboxylic acids is 1. The molecule has 0 aliphatic carbocycles. The highest BCUT2D eigenvalue weighted by Gasteiger charge is 2.27. The quantitative estimate of drug-likeness (QED) is 0.692. The number of methoxy groups -OCH3 is 1. The summed E-state index contributed by atoms with van der Waals surface area (Å²) in [6.07, 6.45) is 3.40. The predicted molar refractivity (Wildman–Crippen MR) is 109 cm³/mol. The van der Waals surface area contributed by atoms with Gasteiger partial charge in [-0.15, -0.1) is 0 Å². The minimum atomic E-state index is -0.307. The number of ether oxygens (including phenoxy) is 1. The average Bonchev–Trinajstić information content (AvgIpc) is 3.20. The Kier molecular flexibility index (Phi) is 5.57. The third-order valence-corrected chi connectivity index (χ3v) is 5.20. The van der Waals surface area contributed by atoms with Crippen molar-refractivity contribution in [3.05, 3.63) is 71.8 Å². The number of anilines is 1. The van der Waals surface area contributed by atoms with Gasteiger partial charge in [-0.2, -0.15) is 5.10 Å². The fourth-order valence-corrected chi connectivity index (χ4v) is 3.75. The first-order valence-corrected chi connectivity index (χ1v) is 9.66. The van der Waals surface area contributed by atoms with Crippen LogP contribution < -0.4 is 15.4 Å². The Morgan fingerprint density at radius 2 is 1.90 bits per heavy atom. The lowest BCUT2D eigenvalue weighted by Crippen LogP contribution is -2.29. The molecule has 0 unspecified atom stereocenters. The van der Waals surface area contributed by atoms with Crippen molar-refractivity contribution < 1.29 is 13.9 Å².